The zero-order valence-corrected chi connectivity index (χ0v) is 18.6. The molecule has 0 bridgehead atoms. The van der Waals surface area contributed by atoms with Crippen LogP contribution in [0.1, 0.15) is 18.2 Å². The second-order valence-electron chi connectivity index (χ2n) is 6.24. The van der Waals surface area contributed by atoms with Crippen molar-refractivity contribution in [2.24, 2.45) is 0 Å². The van der Waals surface area contributed by atoms with Crippen LogP contribution in [0.15, 0.2) is 48.5 Å². The minimum atomic E-state index is -0.677. The molecule has 2 N–H and O–H groups in total. The number of nitrogens with zero attached hydrogens (tertiary/aromatic N) is 3. The molecule has 1 aliphatic heterocycles. The Labute approximate surface area is 205 Å². The van der Waals surface area contributed by atoms with Gasteiger partial charge in [-0.05, 0) is 29.8 Å². The molecule has 1 saturated heterocycles. The predicted molar refractivity (Wildman–Crippen MR) is 101 cm³/mol. The van der Waals surface area contributed by atoms with Gasteiger partial charge in [-0.2, -0.15) is 5.26 Å². The van der Waals surface area contributed by atoms with E-state index in [9.17, 15) is 10.2 Å². The van der Waals surface area contributed by atoms with Crippen LogP contribution in [-0.4, -0.2) is 33.6 Å². The van der Waals surface area contributed by atoms with Gasteiger partial charge < -0.3 is 31.4 Å². The maximum atomic E-state index is 10.1. The van der Waals surface area contributed by atoms with Crippen LogP contribution >= 0.6 is 0 Å². The van der Waals surface area contributed by atoms with Crippen molar-refractivity contribution in [1.82, 2.24) is 4.57 Å². The van der Waals surface area contributed by atoms with Gasteiger partial charge in [-0.15, -0.1) is 0 Å². The van der Waals surface area contributed by atoms with Gasteiger partial charge in [-0.3, -0.25) is 0 Å². The van der Waals surface area contributed by atoms with Gasteiger partial charge in [0.1, 0.15) is 12.3 Å². The molecule has 136 valence electrons. The van der Waals surface area contributed by atoms with E-state index in [-0.39, 0.29) is 64.2 Å². The first kappa shape index (κ1) is 22.8. The molecule has 2 heterocycles. The molecule has 0 aliphatic carbocycles. The largest absolute Gasteiger partial charge is 1.00 e. The molecule has 0 radical (unpaired) electrons. The number of aromatic nitrogens is 1. The van der Waals surface area contributed by atoms with Crippen LogP contribution in [0.5, 0.6) is 0 Å². The summed E-state index contributed by atoms with van der Waals surface area (Å²) < 4.78 is 7.97. The number of nitriles is 1. The first-order valence-electron chi connectivity index (χ1n) is 8.48. The SMILES string of the molecule is N#C/C=C/c1ccc2c(c1)c1ccccc1n2[C@H]1C[C@@H](O)[C@@H](CO)O1.[C-]#N.[K+]. The molecule has 28 heavy (non-hydrogen) atoms. The number of para-hydroxylation sites is 1. The first-order chi connectivity index (χ1) is 13.2. The van der Waals surface area contributed by atoms with Crippen molar-refractivity contribution in [3.63, 3.8) is 0 Å². The number of aliphatic hydroxyl groups excluding tert-OH is 2. The summed E-state index contributed by atoms with van der Waals surface area (Å²) in [6, 6.07) is 16.1. The first-order valence-corrected chi connectivity index (χ1v) is 8.48. The molecule has 3 atom stereocenters. The minimum Gasteiger partial charge on any atom is -0.512 e. The minimum absolute atomic E-state index is 0. The van der Waals surface area contributed by atoms with Gasteiger partial charge in [0.2, 0.25) is 0 Å². The van der Waals surface area contributed by atoms with E-state index in [0.717, 1.165) is 27.4 Å². The Morgan fingerprint density at radius 3 is 2.57 bits per heavy atom. The molecule has 3 aromatic rings. The van der Waals surface area contributed by atoms with E-state index >= 15 is 0 Å². The van der Waals surface area contributed by atoms with Crippen molar-refractivity contribution >= 4 is 27.9 Å². The van der Waals surface area contributed by atoms with Crippen molar-refractivity contribution in [1.29, 1.82) is 10.5 Å². The monoisotopic (exact) mass is 399 g/mol. The number of hydrogen-bond donors (Lipinski definition) is 2. The molecule has 6 nitrogen and oxygen atoms in total. The van der Waals surface area contributed by atoms with Crippen LogP contribution in [0.25, 0.3) is 27.9 Å². The molecule has 1 aliphatic rings. The van der Waals surface area contributed by atoms with E-state index in [2.05, 4.69) is 16.7 Å². The second kappa shape index (κ2) is 10.3. The maximum absolute atomic E-state index is 10.1. The molecule has 1 fully saturated rings. The number of aliphatic hydroxyl groups is 2. The van der Waals surface area contributed by atoms with Crippen LogP contribution < -0.4 is 51.4 Å². The molecule has 1 aromatic heterocycles. The number of rotatable bonds is 3. The fraction of sp³-hybridized carbons (Fsp3) is 0.238. The second-order valence-corrected chi connectivity index (χ2v) is 6.24. The zero-order valence-electron chi connectivity index (χ0n) is 15.5. The summed E-state index contributed by atoms with van der Waals surface area (Å²) in [7, 11) is 0. The van der Waals surface area contributed by atoms with Gasteiger partial charge in [-0.25, -0.2) is 0 Å². The Hall–Kier alpha value is -1.52. The molecule has 7 heteroatoms. The van der Waals surface area contributed by atoms with Crippen molar-refractivity contribution in [3.05, 3.63) is 60.7 Å². The quantitative estimate of drug-likeness (QED) is 0.369. The standard InChI is InChI=1S/C20H18N2O3.CN.K/c21-9-3-4-13-7-8-17-15(10-13)14-5-1-2-6-16(14)22(17)20-11-18(24)19(12-23)25-20;1-2;/h1-8,10,18-20,23-24H,11-12H2;;/q;-1;+1/b4-3+;;/t18-,19-,20-;;/m1../s1. The third kappa shape index (κ3) is 4.23. The van der Waals surface area contributed by atoms with E-state index < -0.39 is 12.2 Å². The van der Waals surface area contributed by atoms with Gasteiger partial charge in [0.25, 0.3) is 0 Å². The van der Waals surface area contributed by atoms with E-state index in [1.807, 2.05) is 36.4 Å². The molecule has 0 unspecified atom stereocenters. The van der Waals surface area contributed by atoms with E-state index in [1.54, 1.807) is 6.08 Å². The number of fused-ring (bicyclic) bond motifs is 3. The fourth-order valence-electron chi connectivity index (χ4n) is 3.61. The van der Waals surface area contributed by atoms with Crippen LogP contribution in [0.3, 0.4) is 0 Å². The van der Waals surface area contributed by atoms with Crippen LogP contribution in [0, 0.1) is 23.2 Å². The summed E-state index contributed by atoms with van der Waals surface area (Å²) in [6.45, 7) is 4.55. The fourth-order valence-corrected chi connectivity index (χ4v) is 3.61. The van der Waals surface area contributed by atoms with Crippen LogP contribution in [0.4, 0.5) is 0 Å². The van der Waals surface area contributed by atoms with Crippen molar-refractivity contribution < 1.29 is 66.3 Å². The van der Waals surface area contributed by atoms with Crippen LogP contribution in [-0.2, 0) is 4.74 Å². The van der Waals surface area contributed by atoms with Gasteiger partial charge in [-0.1, -0.05) is 24.3 Å². The smallest absolute Gasteiger partial charge is 0.512 e. The van der Waals surface area contributed by atoms with Crippen molar-refractivity contribution in [2.75, 3.05) is 6.61 Å². The van der Waals surface area contributed by atoms with E-state index in [0.29, 0.717) is 6.42 Å². The third-order valence-corrected chi connectivity index (χ3v) is 4.76. The van der Waals surface area contributed by atoms with Crippen molar-refractivity contribution in [2.45, 2.75) is 24.9 Å². The summed E-state index contributed by atoms with van der Waals surface area (Å²) in [5.74, 6) is 0. The third-order valence-electron chi connectivity index (χ3n) is 4.76. The van der Waals surface area contributed by atoms with Crippen molar-refractivity contribution in [3.8, 4) is 6.07 Å². The average Bonchev–Trinajstić information content (AvgIpc) is 3.24. The number of allylic oxidation sites excluding steroid dienone is 1. The van der Waals surface area contributed by atoms with E-state index in [1.165, 1.54) is 6.08 Å². The summed E-state index contributed by atoms with van der Waals surface area (Å²) in [5.41, 5.74) is 2.98. The Bertz CT molecular complexity index is 1050. The topological polar surface area (TPSA) is 102 Å². The van der Waals surface area contributed by atoms with Crippen LogP contribution in [0.2, 0.25) is 0 Å². The Morgan fingerprint density at radius 1 is 1.18 bits per heavy atom. The molecule has 2 aromatic carbocycles. The van der Waals surface area contributed by atoms with Gasteiger partial charge >= 0.3 is 51.4 Å². The molecule has 4 rings (SSSR count). The molecule has 0 saturated carbocycles. The summed E-state index contributed by atoms with van der Waals surface area (Å²) in [6.07, 6.45) is 2.12. The van der Waals surface area contributed by atoms with Gasteiger partial charge in [0.15, 0.2) is 0 Å². The summed E-state index contributed by atoms with van der Waals surface area (Å²) in [5, 5.41) is 36.6. The van der Waals surface area contributed by atoms with Gasteiger partial charge in [0, 0.05) is 23.3 Å². The van der Waals surface area contributed by atoms with Gasteiger partial charge in [0.05, 0.1) is 29.8 Å². The average molecular weight is 399 g/mol. The molecular formula is C21H18KN3O3. The number of hydrogen-bond acceptors (Lipinski definition) is 5. The Morgan fingerprint density at radius 2 is 1.89 bits per heavy atom. The zero-order chi connectivity index (χ0) is 19.4. The molecular weight excluding hydrogens is 381 g/mol. The predicted octanol–water partition coefficient (Wildman–Crippen LogP) is 0.0724. The number of benzene rings is 2. The molecule has 0 spiro atoms. The van der Waals surface area contributed by atoms with E-state index in [4.69, 9.17) is 21.8 Å². The summed E-state index contributed by atoms with van der Waals surface area (Å²) >= 11 is 0. The normalized spacial score (nSPS) is 21.2. The summed E-state index contributed by atoms with van der Waals surface area (Å²) in [4.78, 5) is 0. The molecule has 0 amide bonds. The Balaban J connectivity index is 0.000000906. The Kier molecular flexibility index (Phi) is 8.38. The maximum Gasteiger partial charge on any atom is 1.00 e. The number of ether oxygens (including phenoxy) is 1.